The molecule has 0 aliphatic rings. The number of furan rings is 1. The van der Waals surface area contributed by atoms with Gasteiger partial charge in [0.2, 0.25) is 11.5 Å². The topological polar surface area (TPSA) is 78.6 Å². The number of pyridine rings is 1. The van der Waals surface area contributed by atoms with Crippen molar-refractivity contribution in [3.8, 4) is 10.6 Å². The van der Waals surface area contributed by atoms with E-state index in [1.165, 1.54) is 24.5 Å². The Morgan fingerprint density at radius 2 is 2.13 bits per heavy atom. The number of rotatable bonds is 4. The van der Waals surface area contributed by atoms with Crippen LogP contribution in [0.15, 0.2) is 34.1 Å². The van der Waals surface area contributed by atoms with Crippen LogP contribution >= 0.6 is 11.3 Å². The molecule has 23 heavy (non-hydrogen) atoms. The van der Waals surface area contributed by atoms with Crippen LogP contribution in [0.4, 0.5) is 0 Å². The van der Waals surface area contributed by atoms with Crippen molar-refractivity contribution in [2.75, 3.05) is 13.7 Å². The van der Waals surface area contributed by atoms with Crippen LogP contribution < -0.4 is 0 Å². The van der Waals surface area contributed by atoms with E-state index in [0.29, 0.717) is 16.6 Å². The molecule has 0 amide bonds. The van der Waals surface area contributed by atoms with Gasteiger partial charge >= 0.3 is 11.9 Å². The first kappa shape index (κ1) is 15.2. The van der Waals surface area contributed by atoms with Crippen LogP contribution in [0.3, 0.4) is 0 Å². The van der Waals surface area contributed by atoms with E-state index in [1.54, 1.807) is 13.0 Å². The number of nitrogens with zero attached hydrogens (tertiary/aromatic N) is 1. The summed E-state index contributed by atoms with van der Waals surface area (Å²) < 4.78 is 15.2. The number of carbonyl (C=O) groups excluding carboxylic acids is 2. The number of fused-ring (bicyclic) bond motifs is 1. The van der Waals surface area contributed by atoms with Gasteiger partial charge in [-0.2, -0.15) is 0 Å². The van der Waals surface area contributed by atoms with Gasteiger partial charge in [0, 0.05) is 6.07 Å². The van der Waals surface area contributed by atoms with Crippen LogP contribution in [-0.4, -0.2) is 30.6 Å². The van der Waals surface area contributed by atoms with Crippen LogP contribution in [0.25, 0.3) is 21.7 Å². The average molecular weight is 331 g/mol. The second-order valence-corrected chi connectivity index (χ2v) is 5.52. The minimum Gasteiger partial charge on any atom is -0.463 e. The fraction of sp³-hybridized carbons (Fsp3) is 0.188. The van der Waals surface area contributed by atoms with Crippen molar-refractivity contribution < 1.29 is 23.5 Å². The van der Waals surface area contributed by atoms with Crippen LogP contribution in [0.2, 0.25) is 0 Å². The molecule has 3 heterocycles. The molecule has 6 nitrogen and oxygen atoms in total. The zero-order valence-corrected chi connectivity index (χ0v) is 13.3. The Balaban J connectivity index is 2.21. The molecule has 0 fully saturated rings. The number of hydrogen-bond acceptors (Lipinski definition) is 7. The largest absolute Gasteiger partial charge is 0.463 e. The molecule has 3 aromatic rings. The van der Waals surface area contributed by atoms with Crippen molar-refractivity contribution in [1.82, 2.24) is 4.98 Å². The summed E-state index contributed by atoms with van der Waals surface area (Å²) in [5.41, 5.74) is 1.08. The smallest absolute Gasteiger partial charge is 0.374 e. The van der Waals surface area contributed by atoms with Gasteiger partial charge in [0.05, 0.1) is 35.2 Å². The lowest BCUT2D eigenvalue weighted by molar-refractivity contribution is 0.0526. The van der Waals surface area contributed by atoms with Gasteiger partial charge in [-0.05, 0) is 24.4 Å². The summed E-state index contributed by atoms with van der Waals surface area (Å²) in [6, 6.07) is 6.86. The fourth-order valence-electron chi connectivity index (χ4n) is 2.14. The number of carbonyl (C=O) groups is 2. The van der Waals surface area contributed by atoms with Crippen molar-refractivity contribution >= 4 is 34.4 Å². The number of methoxy groups -OCH3 is 1. The molecule has 3 rings (SSSR count). The maximum Gasteiger partial charge on any atom is 0.374 e. The Labute approximate surface area is 135 Å². The molecular weight excluding hydrogens is 318 g/mol. The summed E-state index contributed by atoms with van der Waals surface area (Å²) >= 11 is 1.49. The zero-order chi connectivity index (χ0) is 16.4. The van der Waals surface area contributed by atoms with E-state index in [4.69, 9.17) is 9.15 Å². The molecule has 0 radical (unpaired) electrons. The summed E-state index contributed by atoms with van der Waals surface area (Å²) in [5, 5.41) is 2.33. The molecule has 118 valence electrons. The molecule has 0 aliphatic heterocycles. The lowest BCUT2D eigenvalue weighted by Gasteiger charge is -2.04. The van der Waals surface area contributed by atoms with E-state index in [0.717, 1.165) is 4.88 Å². The summed E-state index contributed by atoms with van der Waals surface area (Å²) in [6.45, 7) is 1.98. The maximum atomic E-state index is 12.2. The second-order valence-electron chi connectivity index (χ2n) is 4.57. The third-order valence-corrected chi connectivity index (χ3v) is 4.05. The lowest BCUT2D eigenvalue weighted by Crippen LogP contribution is -2.05. The highest BCUT2D eigenvalue weighted by Crippen LogP contribution is 2.30. The van der Waals surface area contributed by atoms with E-state index in [-0.39, 0.29) is 18.1 Å². The molecule has 0 saturated carbocycles. The van der Waals surface area contributed by atoms with Gasteiger partial charge in [-0.1, -0.05) is 6.07 Å². The first-order chi connectivity index (χ1) is 11.1. The Hall–Kier alpha value is -2.67. The van der Waals surface area contributed by atoms with Crippen LogP contribution in [0, 0.1) is 0 Å². The lowest BCUT2D eigenvalue weighted by atomic mass is 10.1. The first-order valence-electron chi connectivity index (χ1n) is 6.88. The number of thiophene rings is 1. The van der Waals surface area contributed by atoms with Crippen molar-refractivity contribution in [2.24, 2.45) is 0 Å². The predicted molar refractivity (Wildman–Crippen MR) is 84.6 cm³/mol. The maximum absolute atomic E-state index is 12.2. The van der Waals surface area contributed by atoms with E-state index in [9.17, 15) is 9.59 Å². The molecule has 0 aliphatic carbocycles. The SMILES string of the molecule is CCOC(=O)c1cc(-c2cccs2)nc2oc(C(=O)OC)cc12. The Morgan fingerprint density at radius 1 is 1.30 bits per heavy atom. The molecule has 0 aromatic carbocycles. The quantitative estimate of drug-likeness (QED) is 0.681. The van der Waals surface area contributed by atoms with Crippen LogP contribution in [0.5, 0.6) is 0 Å². The zero-order valence-electron chi connectivity index (χ0n) is 12.5. The van der Waals surface area contributed by atoms with E-state index in [2.05, 4.69) is 9.72 Å². The Kier molecular flexibility index (Phi) is 4.12. The van der Waals surface area contributed by atoms with Crippen LogP contribution in [0.1, 0.15) is 27.8 Å². The summed E-state index contributed by atoms with van der Waals surface area (Å²) in [6.07, 6.45) is 0. The molecule has 0 N–H and O–H groups in total. The molecule has 0 saturated heterocycles. The van der Waals surface area contributed by atoms with E-state index >= 15 is 0 Å². The van der Waals surface area contributed by atoms with E-state index < -0.39 is 11.9 Å². The summed E-state index contributed by atoms with van der Waals surface area (Å²) in [7, 11) is 1.26. The highest BCUT2D eigenvalue weighted by atomic mass is 32.1. The molecule has 7 heteroatoms. The Bertz CT molecular complexity index is 866. The molecule has 0 spiro atoms. The fourth-order valence-corrected chi connectivity index (χ4v) is 2.83. The van der Waals surface area contributed by atoms with Gasteiger partial charge < -0.3 is 13.9 Å². The average Bonchev–Trinajstić information content (AvgIpc) is 3.22. The molecule has 3 aromatic heterocycles. The summed E-state index contributed by atoms with van der Waals surface area (Å²) in [5.74, 6) is -1.13. The summed E-state index contributed by atoms with van der Waals surface area (Å²) in [4.78, 5) is 29.1. The molecular formula is C16H13NO5S. The van der Waals surface area contributed by atoms with Gasteiger partial charge in [-0.25, -0.2) is 14.6 Å². The number of ether oxygens (including phenoxy) is 2. The van der Waals surface area contributed by atoms with Crippen molar-refractivity contribution in [3.05, 3.63) is 41.0 Å². The van der Waals surface area contributed by atoms with Gasteiger partial charge in [0.15, 0.2) is 0 Å². The second kappa shape index (κ2) is 6.21. The standard InChI is InChI=1S/C16H13NO5S/c1-3-21-15(18)10-7-11(13-5-4-6-23-13)17-14-9(10)8-12(22-14)16(19)20-2/h4-8H,3H2,1-2H3. The molecule has 0 unspecified atom stereocenters. The normalized spacial score (nSPS) is 10.7. The monoisotopic (exact) mass is 331 g/mol. The third kappa shape index (κ3) is 2.83. The van der Waals surface area contributed by atoms with Crippen molar-refractivity contribution in [3.63, 3.8) is 0 Å². The van der Waals surface area contributed by atoms with Gasteiger partial charge in [0.1, 0.15) is 0 Å². The predicted octanol–water partition coefficient (Wildman–Crippen LogP) is 3.52. The Morgan fingerprint density at radius 3 is 2.78 bits per heavy atom. The minimum atomic E-state index is -0.629. The number of hydrogen-bond donors (Lipinski definition) is 0. The van der Waals surface area contributed by atoms with Crippen molar-refractivity contribution in [2.45, 2.75) is 6.92 Å². The van der Waals surface area contributed by atoms with Crippen LogP contribution in [-0.2, 0) is 9.47 Å². The van der Waals surface area contributed by atoms with Crippen molar-refractivity contribution in [1.29, 1.82) is 0 Å². The van der Waals surface area contributed by atoms with Gasteiger partial charge in [-0.3, -0.25) is 0 Å². The highest BCUT2D eigenvalue weighted by molar-refractivity contribution is 7.13. The molecule has 0 atom stereocenters. The number of aromatic nitrogens is 1. The van der Waals surface area contributed by atoms with Gasteiger partial charge in [0.25, 0.3) is 0 Å². The van der Waals surface area contributed by atoms with Gasteiger partial charge in [-0.15, -0.1) is 11.3 Å². The third-order valence-electron chi connectivity index (χ3n) is 3.16. The highest BCUT2D eigenvalue weighted by Gasteiger charge is 2.21. The molecule has 0 bridgehead atoms. The number of esters is 2. The minimum absolute atomic E-state index is 0.0103. The first-order valence-corrected chi connectivity index (χ1v) is 7.76. The van der Waals surface area contributed by atoms with E-state index in [1.807, 2.05) is 17.5 Å².